The third-order valence-electron chi connectivity index (χ3n) is 15.8. The van der Waals surface area contributed by atoms with Crippen LogP contribution >= 0.6 is 0 Å². The molecule has 1 fully saturated rings. The van der Waals surface area contributed by atoms with Gasteiger partial charge >= 0.3 is 0 Å². The Balaban J connectivity index is 1.18. The normalized spacial score (nSPS) is 19.0. The lowest BCUT2D eigenvalue weighted by molar-refractivity contribution is 0.194. The van der Waals surface area contributed by atoms with Gasteiger partial charge in [0.2, 0.25) is 0 Å². The van der Waals surface area contributed by atoms with Gasteiger partial charge in [0.25, 0.3) is 0 Å². The molecule has 292 valence electrons. The van der Waals surface area contributed by atoms with Crippen molar-refractivity contribution in [1.29, 1.82) is 0 Å². The molecule has 61 heavy (non-hydrogen) atoms. The topological polar surface area (TPSA) is 3.24 Å². The van der Waals surface area contributed by atoms with E-state index >= 15 is 0 Å². The molecule has 13 rings (SSSR count). The van der Waals surface area contributed by atoms with Crippen molar-refractivity contribution in [3.63, 3.8) is 0 Å². The highest BCUT2D eigenvalue weighted by Crippen LogP contribution is 2.64. The van der Waals surface area contributed by atoms with Crippen LogP contribution in [0.25, 0.3) is 98.0 Å². The van der Waals surface area contributed by atoms with Gasteiger partial charge in [-0.05, 0) is 167 Å². The predicted octanol–water partition coefficient (Wildman–Crippen LogP) is 16.8. The number of benzene rings is 9. The van der Waals surface area contributed by atoms with E-state index in [1.54, 1.807) is 5.56 Å². The fourth-order valence-corrected chi connectivity index (χ4v) is 13.1. The lowest BCUT2D eigenvalue weighted by atomic mass is 9.60. The molecule has 11 aromatic carbocycles. The Hall–Kier alpha value is -6.70. The van der Waals surface area contributed by atoms with Crippen LogP contribution in [0, 0.1) is 13.8 Å². The van der Waals surface area contributed by atoms with Crippen molar-refractivity contribution in [3.8, 4) is 33.4 Å². The second-order valence-electron chi connectivity index (χ2n) is 18.7. The first-order valence-electron chi connectivity index (χ1n) is 22.3. The standard InChI is InChI=1S/C60H47N/c1-36-35-48(37(2)57-58(36)61(41-25-12-7-13-26-41)60(4)34-15-14-33-59(57,60)3)42-31-32-47-52-43(42)27-18-30-46(52)55-50(39-19-8-5-9-20-39)53-44-28-16-23-38-24-17-29-45(49(38)44)54(53)51(56(47)55)40-21-10-6-11-22-40/h5-13,16-32,35H,14-15,33-34H2,1-4H3. The minimum atomic E-state index is -0.00222. The predicted molar refractivity (Wildman–Crippen MR) is 262 cm³/mol. The van der Waals surface area contributed by atoms with Crippen LogP contribution in [0.3, 0.4) is 0 Å². The zero-order valence-corrected chi connectivity index (χ0v) is 35.4. The highest BCUT2D eigenvalue weighted by atomic mass is 15.3. The van der Waals surface area contributed by atoms with Gasteiger partial charge in [0, 0.05) is 16.8 Å². The molecule has 0 N–H and O–H groups in total. The van der Waals surface area contributed by atoms with Gasteiger partial charge in [-0.1, -0.05) is 165 Å². The Morgan fingerprint density at radius 1 is 0.443 bits per heavy atom. The molecule has 1 heteroatoms. The molecular weight excluding hydrogens is 735 g/mol. The number of hydrogen-bond donors (Lipinski definition) is 0. The fraction of sp³-hybridized carbons (Fsp3) is 0.167. The van der Waals surface area contributed by atoms with Crippen LogP contribution in [0.4, 0.5) is 11.4 Å². The Labute approximate surface area is 357 Å². The van der Waals surface area contributed by atoms with E-state index in [9.17, 15) is 0 Å². The second-order valence-corrected chi connectivity index (χ2v) is 18.7. The summed E-state index contributed by atoms with van der Waals surface area (Å²) in [5.41, 5.74) is 15.0. The second kappa shape index (κ2) is 12.4. The Morgan fingerprint density at radius 3 is 1.56 bits per heavy atom. The average molecular weight is 782 g/mol. The number of para-hydroxylation sites is 1. The Morgan fingerprint density at radius 2 is 0.951 bits per heavy atom. The molecule has 0 bridgehead atoms. The third kappa shape index (κ3) is 4.41. The molecule has 0 radical (unpaired) electrons. The highest BCUT2D eigenvalue weighted by molar-refractivity contribution is 6.46. The summed E-state index contributed by atoms with van der Waals surface area (Å²) in [5.74, 6) is 0. The highest BCUT2D eigenvalue weighted by Gasteiger charge is 2.58. The van der Waals surface area contributed by atoms with Crippen molar-refractivity contribution in [1.82, 2.24) is 0 Å². The molecule has 0 spiro atoms. The first-order chi connectivity index (χ1) is 29.9. The Bertz CT molecular complexity index is 3440. The molecule has 1 heterocycles. The van der Waals surface area contributed by atoms with Gasteiger partial charge < -0.3 is 4.90 Å². The van der Waals surface area contributed by atoms with Crippen molar-refractivity contribution >= 4 is 76.0 Å². The maximum atomic E-state index is 2.74. The van der Waals surface area contributed by atoms with Crippen LogP contribution in [0.2, 0.25) is 0 Å². The van der Waals surface area contributed by atoms with E-state index in [1.807, 2.05) is 0 Å². The maximum Gasteiger partial charge on any atom is 0.0518 e. The molecule has 0 aromatic heterocycles. The number of fused-ring (bicyclic) bond motifs is 9. The number of hydrogen-bond acceptors (Lipinski definition) is 1. The Kier molecular flexibility index (Phi) is 7.15. The molecule has 1 aliphatic heterocycles. The third-order valence-corrected chi connectivity index (χ3v) is 15.8. The van der Waals surface area contributed by atoms with Crippen LogP contribution in [0.5, 0.6) is 0 Å². The van der Waals surface area contributed by atoms with Crippen molar-refractivity contribution in [2.24, 2.45) is 0 Å². The van der Waals surface area contributed by atoms with E-state index in [0.717, 1.165) is 0 Å². The summed E-state index contributed by atoms with van der Waals surface area (Å²) in [6, 6.07) is 62.0. The molecule has 0 amide bonds. The van der Waals surface area contributed by atoms with Crippen LogP contribution in [0.15, 0.2) is 164 Å². The van der Waals surface area contributed by atoms with E-state index in [0.29, 0.717) is 0 Å². The van der Waals surface area contributed by atoms with E-state index in [-0.39, 0.29) is 11.0 Å². The molecule has 2 aliphatic rings. The first kappa shape index (κ1) is 35.1. The van der Waals surface area contributed by atoms with Crippen LogP contribution in [-0.2, 0) is 5.41 Å². The molecule has 1 aliphatic carbocycles. The van der Waals surface area contributed by atoms with Crippen molar-refractivity contribution in [2.45, 2.75) is 64.3 Å². The van der Waals surface area contributed by atoms with Crippen molar-refractivity contribution in [3.05, 3.63) is 180 Å². The summed E-state index contributed by atoms with van der Waals surface area (Å²) in [4.78, 5) is 2.74. The van der Waals surface area contributed by atoms with Gasteiger partial charge in [0.15, 0.2) is 0 Å². The number of aryl methyl sites for hydroxylation is 1. The quantitative estimate of drug-likeness (QED) is 0.172. The zero-order valence-electron chi connectivity index (χ0n) is 35.4. The molecule has 11 aromatic rings. The molecular formula is C60H47N. The lowest BCUT2D eigenvalue weighted by Crippen LogP contribution is -2.54. The van der Waals surface area contributed by atoms with Gasteiger partial charge in [-0.25, -0.2) is 0 Å². The molecule has 1 saturated carbocycles. The first-order valence-corrected chi connectivity index (χ1v) is 22.3. The molecule has 2 unspecified atom stereocenters. The van der Waals surface area contributed by atoms with Gasteiger partial charge in [-0.15, -0.1) is 0 Å². The van der Waals surface area contributed by atoms with Crippen LogP contribution in [0.1, 0.15) is 56.2 Å². The fourth-order valence-electron chi connectivity index (χ4n) is 13.1. The van der Waals surface area contributed by atoms with E-state index in [2.05, 4.69) is 196 Å². The summed E-state index contributed by atoms with van der Waals surface area (Å²) in [6.07, 6.45) is 4.93. The number of anilines is 2. The SMILES string of the molecule is Cc1cc(-c2ccc3c4c(-c5ccccc5)c5c6cccc7cccc(c5c(-c5ccccc5)c4c4cccc2c43)c76)c(C)c2c1N(c1ccccc1)C1(C)CCCCC21C. The maximum absolute atomic E-state index is 2.74. The summed E-state index contributed by atoms with van der Waals surface area (Å²) < 4.78 is 0. The van der Waals surface area contributed by atoms with Crippen molar-refractivity contribution < 1.29 is 0 Å². The smallest absolute Gasteiger partial charge is 0.0518 e. The van der Waals surface area contributed by atoms with Crippen LogP contribution in [-0.4, -0.2) is 5.54 Å². The minimum absolute atomic E-state index is 0.00222. The van der Waals surface area contributed by atoms with Crippen LogP contribution < -0.4 is 4.90 Å². The number of nitrogens with zero attached hydrogens (tertiary/aromatic N) is 1. The lowest BCUT2D eigenvalue weighted by Gasteiger charge is -2.50. The summed E-state index contributed by atoms with van der Waals surface area (Å²) in [5, 5.41) is 16.1. The summed E-state index contributed by atoms with van der Waals surface area (Å²) in [6.45, 7) is 9.95. The van der Waals surface area contributed by atoms with Crippen molar-refractivity contribution in [2.75, 3.05) is 4.90 Å². The number of rotatable bonds is 4. The van der Waals surface area contributed by atoms with E-state index < -0.39 is 0 Å². The molecule has 1 nitrogen and oxygen atoms in total. The average Bonchev–Trinajstić information content (AvgIpc) is 3.89. The van der Waals surface area contributed by atoms with E-state index in [1.165, 1.54) is 146 Å². The molecule has 2 atom stereocenters. The minimum Gasteiger partial charge on any atom is -0.334 e. The zero-order chi connectivity index (χ0) is 40.8. The monoisotopic (exact) mass is 781 g/mol. The van der Waals surface area contributed by atoms with Gasteiger partial charge in [-0.3, -0.25) is 0 Å². The summed E-state index contributed by atoms with van der Waals surface area (Å²) >= 11 is 0. The van der Waals surface area contributed by atoms with Gasteiger partial charge in [0.05, 0.1) is 5.54 Å². The van der Waals surface area contributed by atoms with Gasteiger partial charge in [-0.2, -0.15) is 0 Å². The summed E-state index contributed by atoms with van der Waals surface area (Å²) in [7, 11) is 0. The van der Waals surface area contributed by atoms with E-state index in [4.69, 9.17) is 0 Å². The van der Waals surface area contributed by atoms with Gasteiger partial charge in [0.1, 0.15) is 0 Å². The molecule has 0 saturated heterocycles. The largest absolute Gasteiger partial charge is 0.334 e.